The molecule has 0 spiro atoms. The van der Waals surface area contributed by atoms with E-state index in [4.69, 9.17) is 0 Å². The highest BCUT2D eigenvalue weighted by Gasteiger charge is 2.18. The second-order valence-electron chi connectivity index (χ2n) is 7.92. The van der Waals surface area contributed by atoms with Crippen molar-refractivity contribution in [3.05, 3.63) is 95.1 Å². The van der Waals surface area contributed by atoms with Gasteiger partial charge in [0, 0.05) is 0 Å². The van der Waals surface area contributed by atoms with Crippen LogP contribution in [0.2, 0.25) is 0 Å². The number of rotatable bonds is 2. The Bertz CT molecular complexity index is 920. The van der Waals surface area contributed by atoms with Gasteiger partial charge in [0.1, 0.15) is 0 Å². The highest BCUT2D eigenvalue weighted by Crippen LogP contribution is 2.38. The minimum Gasteiger partial charge on any atom is -0.0622 e. The quantitative estimate of drug-likeness (QED) is 0.489. The van der Waals surface area contributed by atoms with Gasteiger partial charge in [-0.15, -0.1) is 0 Å². The fourth-order valence-corrected chi connectivity index (χ4v) is 3.61. The van der Waals surface area contributed by atoms with Crippen molar-refractivity contribution in [3.8, 4) is 11.1 Å². The lowest BCUT2D eigenvalue weighted by molar-refractivity contribution is 0.590. The van der Waals surface area contributed by atoms with Crippen molar-refractivity contribution in [2.45, 2.75) is 32.6 Å². The van der Waals surface area contributed by atoms with Crippen molar-refractivity contribution in [1.29, 1.82) is 0 Å². The lowest BCUT2D eigenvalue weighted by Gasteiger charge is -2.19. The minimum absolute atomic E-state index is 0.192. The van der Waals surface area contributed by atoms with Crippen LogP contribution in [-0.2, 0) is 11.8 Å². The number of hydrogen-bond donors (Lipinski definition) is 0. The van der Waals surface area contributed by atoms with E-state index in [2.05, 4.69) is 99.6 Å². The normalized spacial score (nSPS) is 13.5. The molecule has 0 atom stereocenters. The molecule has 0 N–H and O–H groups in total. The Labute approximate surface area is 150 Å². The second kappa shape index (κ2) is 6.04. The van der Waals surface area contributed by atoms with Crippen LogP contribution in [0.3, 0.4) is 0 Å². The number of fused-ring (bicyclic) bond motifs is 1. The molecule has 0 bridgehead atoms. The standard InChI is InChI=1S/C25H24/c1-25(2,3)22-14-12-19(13-15-22)23-11-7-10-20-16-21(17-24(20)23)18-8-5-4-6-9-18/h4-15,17H,16H2,1-3H3. The lowest BCUT2D eigenvalue weighted by Crippen LogP contribution is -2.10. The summed E-state index contributed by atoms with van der Waals surface area (Å²) in [7, 11) is 0. The summed E-state index contributed by atoms with van der Waals surface area (Å²) >= 11 is 0. The van der Waals surface area contributed by atoms with Crippen LogP contribution >= 0.6 is 0 Å². The van der Waals surface area contributed by atoms with E-state index < -0.39 is 0 Å². The van der Waals surface area contributed by atoms with Gasteiger partial charge in [0.05, 0.1) is 0 Å². The highest BCUT2D eigenvalue weighted by molar-refractivity contribution is 5.93. The first-order valence-corrected chi connectivity index (χ1v) is 9.01. The number of allylic oxidation sites excluding steroid dienone is 1. The molecule has 0 saturated carbocycles. The third-order valence-corrected chi connectivity index (χ3v) is 5.10. The average Bonchev–Trinajstić information content (AvgIpc) is 3.06. The summed E-state index contributed by atoms with van der Waals surface area (Å²) in [5.74, 6) is 0. The van der Waals surface area contributed by atoms with Crippen LogP contribution in [0.25, 0.3) is 22.8 Å². The molecule has 0 unspecified atom stereocenters. The maximum atomic E-state index is 2.37. The molecule has 0 fully saturated rings. The predicted octanol–water partition coefficient (Wildman–Crippen LogP) is 6.75. The molecule has 0 radical (unpaired) electrons. The Kier molecular flexibility index (Phi) is 3.84. The van der Waals surface area contributed by atoms with Crippen LogP contribution in [0, 0.1) is 0 Å². The van der Waals surface area contributed by atoms with E-state index in [0.717, 1.165) is 6.42 Å². The third kappa shape index (κ3) is 3.05. The fourth-order valence-electron chi connectivity index (χ4n) is 3.61. The van der Waals surface area contributed by atoms with Gasteiger partial charge in [-0.1, -0.05) is 93.6 Å². The van der Waals surface area contributed by atoms with Crippen molar-refractivity contribution in [2.24, 2.45) is 0 Å². The summed E-state index contributed by atoms with van der Waals surface area (Å²) in [6, 6.07) is 26.5. The largest absolute Gasteiger partial charge is 0.0622 e. The summed E-state index contributed by atoms with van der Waals surface area (Å²) in [5, 5.41) is 0. The molecule has 1 aliphatic carbocycles. The van der Waals surface area contributed by atoms with Gasteiger partial charge in [-0.2, -0.15) is 0 Å². The molecule has 4 rings (SSSR count). The van der Waals surface area contributed by atoms with Gasteiger partial charge < -0.3 is 0 Å². The molecule has 1 aliphatic rings. The SMILES string of the molecule is CC(C)(C)c1ccc(-c2cccc3c2C=C(c2ccccc2)C3)cc1. The smallest absolute Gasteiger partial charge is 0.00135 e. The molecule has 0 aromatic heterocycles. The average molecular weight is 324 g/mol. The summed E-state index contributed by atoms with van der Waals surface area (Å²) in [6.45, 7) is 6.78. The first kappa shape index (κ1) is 15.9. The van der Waals surface area contributed by atoms with E-state index in [-0.39, 0.29) is 5.41 Å². The van der Waals surface area contributed by atoms with Crippen LogP contribution in [0.15, 0.2) is 72.8 Å². The molecule has 3 aromatic carbocycles. The molecule has 0 saturated heterocycles. The number of hydrogen-bond acceptors (Lipinski definition) is 0. The third-order valence-electron chi connectivity index (χ3n) is 5.10. The zero-order valence-corrected chi connectivity index (χ0v) is 15.2. The fraction of sp³-hybridized carbons (Fsp3) is 0.200. The molecule has 0 heterocycles. The topological polar surface area (TPSA) is 0 Å². The van der Waals surface area contributed by atoms with Gasteiger partial charge in [0.15, 0.2) is 0 Å². The molecule has 25 heavy (non-hydrogen) atoms. The Morgan fingerprint density at radius 3 is 2.08 bits per heavy atom. The van der Waals surface area contributed by atoms with Crippen LogP contribution < -0.4 is 0 Å². The minimum atomic E-state index is 0.192. The molecule has 124 valence electrons. The van der Waals surface area contributed by atoms with E-state index in [1.807, 2.05) is 0 Å². The van der Waals surface area contributed by atoms with E-state index >= 15 is 0 Å². The van der Waals surface area contributed by atoms with E-state index in [9.17, 15) is 0 Å². The van der Waals surface area contributed by atoms with Crippen molar-refractivity contribution in [2.75, 3.05) is 0 Å². The maximum Gasteiger partial charge on any atom is -0.00135 e. The zero-order chi connectivity index (χ0) is 17.4. The summed E-state index contributed by atoms with van der Waals surface area (Å²) in [6.07, 6.45) is 3.39. The van der Waals surface area contributed by atoms with E-state index in [1.54, 1.807) is 0 Å². The van der Waals surface area contributed by atoms with Crippen LogP contribution in [0.4, 0.5) is 0 Å². The summed E-state index contributed by atoms with van der Waals surface area (Å²) < 4.78 is 0. The first-order valence-electron chi connectivity index (χ1n) is 9.01. The van der Waals surface area contributed by atoms with Gasteiger partial charge in [-0.25, -0.2) is 0 Å². The van der Waals surface area contributed by atoms with Crippen LogP contribution in [-0.4, -0.2) is 0 Å². The van der Waals surface area contributed by atoms with Crippen molar-refractivity contribution in [3.63, 3.8) is 0 Å². The van der Waals surface area contributed by atoms with Crippen molar-refractivity contribution < 1.29 is 0 Å². The van der Waals surface area contributed by atoms with Gasteiger partial charge in [-0.3, -0.25) is 0 Å². The molecule has 3 aromatic rings. The summed E-state index contributed by atoms with van der Waals surface area (Å²) in [5.41, 5.74) is 9.75. The van der Waals surface area contributed by atoms with Gasteiger partial charge in [-0.05, 0) is 56.9 Å². The first-order chi connectivity index (χ1) is 12.0. The van der Waals surface area contributed by atoms with E-state index in [0.29, 0.717) is 0 Å². The van der Waals surface area contributed by atoms with Crippen LogP contribution in [0.1, 0.15) is 43.0 Å². The Morgan fingerprint density at radius 1 is 0.680 bits per heavy atom. The van der Waals surface area contributed by atoms with Crippen molar-refractivity contribution in [1.82, 2.24) is 0 Å². The predicted molar refractivity (Wildman–Crippen MR) is 109 cm³/mol. The molecule has 0 aliphatic heterocycles. The highest BCUT2D eigenvalue weighted by atomic mass is 14.2. The van der Waals surface area contributed by atoms with Crippen LogP contribution in [0.5, 0.6) is 0 Å². The number of benzene rings is 3. The van der Waals surface area contributed by atoms with Crippen molar-refractivity contribution >= 4 is 11.6 Å². The molecule has 0 heteroatoms. The molecule has 0 nitrogen and oxygen atoms in total. The van der Waals surface area contributed by atoms with Gasteiger partial charge >= 0.3 is 0 Å². The Balaban J connectivity index is 1.75. The molecular weight excluding hydrogens is 300 g/mol. The molecule has 0 amide bonds. The summed E-state index contributed by atoms with van der Waals surface area (Å²) in [4.78, 5) is 0. The molecular formula is C25H24. The lowest BCUT2D eigenvalue weighted by atomic mass is 9.86. The van der Waals surface area contributed by atoms with Gasteiger partial charge in [0.25, 0.3) is 0 Å². The maximum absolute atomic E-state index is 2.37. The van der Waals surface area contributed by atoms with Gasteiger partial charge in [0.2, 0.25) is 0 Å². The zero-order valence-electron chi connectivity index (χ0n) is 15.2. The second-order valence-corrected chi connectivity index (χ2v) is 7.92. The Morgan fingerprint density at radius 2 is 1.40 bits per heavy atom. The van der Waals surface area contributed by atoms with E-state index in [1.165, 1.54) is 39.0 Å². The monoisotopic (exact) mass is 324 g/mol. The Hall–Kier alpha value is -2.60.